The number of halogens is 2. The lowest BCUT2D eigenvalue weighted by atomic mass is 9.86. The average Bonchev–Trinajstić information content (AvgIpc) is 2.95. The smallest absolute Gasteiger partial charge is 0.265 e. The van der Waals surface area contributed by atoms with Gasteiger partial charge in [0.15, 0.2) is 0 Å². The molecule has 1 amide bonds. The fraction of sp³-hybridized carbons (Fsp3) is 0.419. The number of carbonyl (C=O) groups excluding carboxylic acids is 1. The molecule has 4 rings (SSSR count). The molecule has 0 spiro atoms. The van der Waals surface area contributed by atoms with Gasteiger partial charge in [0.25, 0.3) is 12.3 Å². The molecule has 3 heterocycles. The Morgan fingerprint density at radius 1 is 1.12 bits per heavy atom. The number of rotatable bonds is 10. The van der Waals surface area contributed by atoms with E-state index in [1.165, 1.54) is 18.5 Å². The van der Waals surface area contributed by atoms with Gasteiger partial charge in [-0.2, -0.15) is 5.26 Å². The van der Waals surface area contributed by atoms with Crippen molar-refractivity contribution in [2.75, 3.05) is 33.3 Å². The van der Waals surface area contributed by atoms with Gasteiger partial charge in [0.2, 0.25) is 0 Å². The maximum absolute atomic E-state index is 14.0. The predicted octanol–water partition coefficient (Wildman–Crippen LogP) is 5.91. The number of nitriles is 1. The van der Waals surface area contributed by atoms with Gasteiger partial charge >= 0.3 is 0 Å². The van der Waals surface area contributed by atoms with Crippen LogP contribution in [0.2, 0.25) is 0 Å². The zero-order valence-corrected chi connectivity index (χ0v) is 23.7. The second kappa shape index (κ2) is 12.5. The summed E-state index contributed by atoms with van der Waals surface area (Å²) in [5.41, 5.74) is 5.28. The lowest BCUT2D eigenvalue weighted by molar-refractivity contribution is 0.0669. The van der Waals surface area contributed by atoms with Crippen LogP contribution in [-0.4, -0.2) is 59.0 Å². The zero-order chi connectivity index (χ0) is 29.0. The topological polar surface area (TPSA) is 82.3 Å². The molecule has 1 aromatic carbocycles. The maximum atomic E-state index is 14.0. The van der Waals surface area contributed by atoms with Crippen molar-refractivity contribution in [3.05, 3.63) is 75.9 Å². The summed E-state index contributed by atoms with van der Waals surface area (Å²) in [6.07, 6.45) is 1.33. The number of carbonyl (C=O) groups is 1. The highest BCUT2D eigenvalue weighted by Gasteiger charge is 2.32. The number of hydrogen-bond donors (Lipinski definition) is 0. The van der Waals surface area contributed by atoms with E-state index < -0.39 is 6.43 Å². The van der Waals surface area contributed by atoms with Crippen LogP contribution in [0.4, 0.5) is 8.78 Å². The molecule has 0 radical (unpaired) electrons. The lowest BCUT2D eigenvalue weighted by Gasteiger charge is -2.35. The van der Waals surface area contributed by atoms with Gasteiger partial charge in [-0.3, -0.25) is 14.8 Å². The van der Waals surface area contributed by atoms with Gasteiger partial charge in [0, 0.05) is 53.9 Å². The summed E-state index contributed by atoms with van der Waals surface area (Å²) >= 11 is 0. The third kappa shape index (κ3) is 5.97. The molecule has 1 atom stereocenters. The number of benzene rings is 1. The van der Waals surface area contributed by atoms with E-state index in [2.05, 4.69) is 27.9 Å². The lowest BCUT2D eigenvalue weighted by Crippen LogP contribution is -2.40. The summed E-state index contributed by atoms with van der Waals surface area (Å²) < 4.78 is 32.9. The maximum Gasteiger partial charge on any atom is 0.265 e. The molecular formula is C31H35F2N5O2. The van der Waals surface area contributed by atoms with Crippen LogP contribution in [0.15, 0.2) is 36.7 Å². The standard InChI is InChI=1S/C31H35F2N5O2/c1-6-37(5)10-8-21-12-26(25-14-22(30(32)33)17-35-19(25)3)24-9-11-38(31(39)27(24)13-21)20(4)28-15-29(40-7-2)23(16-34)18-36-28/h12-15,17-18,20,30H,6-11H2,1-5H3. The number of fused-ring (bicyclic) bond motifs is 1. The Hall–Kier alpha value is -3.90. The fourth-order valence-corrected chi connectivity index (χ4v) is 5.05. The van der Waals surface area contributed by atoms with E-state index in [4.69, 9.17) is 4.74 Å². The van der Waals surface area contributed by atoms with Crippen molar-refractivity contribution in [3.8, 4) is 22.9 Å². The summed E-state index contributed by atoms with van der Waals surface area (Å²) in [4.78, 5) is 26.7. The quantitative estimate of drug-likeness (QED) is 0.314. The third-order valence-electron chi connectivity index (χ3n) is 7.58. The first-order chi connectivity index (χ1) is 19.2. The summed E-state index contributed by atoms with van der Waals surface area (Å²) in [5, 5.41) is 9.40. The first-order valence-electron chi connectivity index (χ1n) is 13.6. The van der Waals surface area contributed by atoms with Gasteiger partial charge < -0.3 is 14.5 Å². The molecular weight excluding hydrogens is 512 g/mol. The van der Waals surface area contributed by atoms with Crippen molar-refractivity contribution < 1.29 is 18.3 Å². The SMILES string of the molecule is CCOc1cc(C(C)N2CCc3c(cc(CCN(C)CC)cc3-c3cc(C(F)F)cnc3C)C2=O)ncc1C#N. The monoisotopic (exact) mass is 547 g/mol. The highest BCUT2D eigenvalue weighted by atomic mass is 19.3. The molecule has 0 fully saturated rings. The van der Waals surface area contributed by atoms with Crippen LogP contribution in [0.1, 0.15) is 77.2 Å². The van der Waals surface area contributed by atoms with E-state index in [0.29, 0.717) is 59.8 Å². The molecule has 1 unspecified atom stereocenters. The molecule has 0 N–H and O–H groups in total. The van der Waals surface area contributed by atoms with Crippen molar-refractivity contribution in [1.82, 2.24) is 19.8 Å². The van der Waals surface area contributed by atoms with E-state index in [9.17, 15) is 18.8 Å². The van der Waals surface area contributed by atoms with E-state index in [-0.39, 0.29) is 17.5 Å². The summed E-state index contributed by atoms with van der Waals surface area (Å²) in [6.45, 7) is 10.2. The minimum Gasteiger partial charge on any atom is -0.492 e. The van der Waals surface area contributed by atoms with E-state index in [1.807, 2.05) is 33.0 Å². The molecule has 0 saturated heterocycles. The second-order valence-corrected chi connectivity index (χ2v) is 10.1. The van der Waals surface area contributed by atoms with Crippen molar-refractivity contribution in [2.24, 2.45) is 0 Å². The Morgan fingerprint density at radius 2 is 1.88 bits per heavy atom. The van der Waals surface area contributed by atoms with Gasteiger partial charge in [0.05, 0.1) is 18.3 Å². The minimum absolute atomic E-state index is 0.138. The van der Waals surface area contributed by atoms with Crippen LogP contribution in [0.25, 0.3) is 11.1 Å². The molecule has 7 nitrogen and oxygen atoms in total. The molecule has 0 saturated carbocycles. The predicted molar refractivity (Wildman–Crippen MR) is 150 cm³/mol. The van der Waals surface area contributed by atoms with E-state index >= 15 is 0 Å². The Bertz CT molecular complexity index is 1440. The van der Waals surface area contributed by atoms with Crippen LogP contribution in [0, 0.1) is 18.3 Å². The number of aryl methyl sites for hydroxylation is 1. The van der Waals surface area contributed by atoms with Crippen molar-refractivity contribution in [2.45, 2.75) is 53.0 Å². The Balaban J connectivity index is 1.77. The fourth-order valence-electron chi connectivity index (χ4n) is 5.05. The molecule has 2 aromatic heterocycles. The molecule has 9 heteroatoms. The van der Waals surface area contributed by atoms with Gasteiger partial charge in [-0.25, -0.2) is 8.78 Å². The number of alkyl halides is 2. The number of nitrogens with zero attached hydrogens (tertiary/aromatic N) is 5. The number of hydrogen-bond acceptors (Lipinski definition) is 6. The number of amides is 1. The van der Waals surface area contributed by atoms with Crippen molar-refractivity contribution in [3.63, 3.8) is 0 Å². The summed E-state index contributed by atoms with van der Waals surface area (Å²) in [6, 6.07) is 8.93. The van der Waals surface area contributed by atoms with Gasteiger partial charge in [-0.05, 0) is 76.0 Å². The van der Waals surface area contributed by atoms with Crippen molar-refractivity contribution in [1.29, 1.82) is 5.26 Å². The van der Waals surface area contributed by atoms with Crippen LogP contribution in [-0.2, 0) is 12.8 Å². The normalized spacial score (nSPS) is 13.9. The summed E-state index contributed by atoms with van der Waals surface area (Å²) in [5.74, 6) is 0.304. The third-order valence-corrected chi connectivity index (χ3v) is 7.58. The summed E-state index contributed by atoms with van der Waals surface area (Å²) in [7, 11) is 2.04. The highest BCUT2D eigenvalue weighted by molar-refractivity contribution is 5.99. The molecule has 0 bridgehead atoms. The molecule has 0 aliphatic carbocycles. The second-order valence-electron chi connectivity index (χ2n) is 10.1. The number of likely N-dealkylation sites (N-methyl/N-ethyl adjacent to an activating group) is 1. The molecule has 1 aliphatic heterocycles. The van der Waals surface area contributed by atoms with Gasteiger partial charge in [0.1, 0.15) is 17.4 Å². The first kappa shape index (κ1) is 29.1. The Labute approximate surface area is 234 Å². The van der Waals surface area contributed by atoms with Crippen LogP contribution < -0.4 is 4.74 Å². The number of ether oxygens (including phenoxy) is 1. The van der Waals surface area contributed by atoms with Crippen LogP contribution in [0.3, 0.4) is 0 Å². The van der Waals surface area contributed by atoms with E-state index in [0.717, 1.165) is 29.8 Å². The first-order valence-corrected chi connectivity index (χ1v) is 13.6. The van der Waals surface area contributed by atoms with Gasteiger partial charge in [-0.1, -0.05) is 13.0 Å². The van der Waals surface area contributed by atoms with Crippen LogP contribution >= 0.6 is 0 Å². The largest absolute Gasteiger partial charge is 0.492 e. The highest BCUT2D eigenvalue weighted by Crippen LogP contribution is 2.37. The molecule has 210 valence electrons. The minimum atomic E-state index is -2.64. The van der Waals surface area contributed by atoms with Crippen LogP contribution in [0.5, 0.6) is 5.75 Å². The Morgan fingerprint density at radius 3 is 2.55 bits per heavy atom. The molecule has 1 aliphatic rings. The molecule has 3 aromatic rings. The zero-order valence-electron chi connectivity index (χ0n) is 23.7. The molecule has 40 heavy (non-hydrogen) atoms. The number of pyridine rings is 2. The Kier molecular flexibility index (Phi) is 9.10. The van der Waals surface area contributed by atoms with Crippen molar-refractivity contribution >= 4 is 5.91 Å². The van der Waals surface area contributed by atoms with E-state index in [1.54, 1.807) is 17.9 Å². The average molecular weight is 548 g/mol. The van der Waals surface area contributed by atoms with Gasteiger partial charge in [-0.15, -0.1) is 0 Å². The number of aromatic nitrogens is 2.